The van der Waals surface area contributed by atoms with Gasteiger partial charge in [-0.05, 0) is 42.1 Å². The van der Waals surface area contributed by atoms with Crippen molar-refractivity contribution < 1.29 is 18.0 Å². The molecule has 27 heavy (non-hydrogen) atoms. The van der Waals surface area contributed by atoms with E-state index in [4.69, 9.17) is 0 Å². The maximum absolute atomic E-state index is 12.6. The van der Waals surface area contributed by atoms with E-state index in [1.165, 1.54) is 6.07 Å². The summed E-state index contributed by atoms with van der Waals surface area (Å²) in [4.78, 5) is 21.3. The van der Waals surface area contributed by atoms with E-state index in [9.17, 15) is 18.0 Å². The van der Waals surface area contributed by atoms with Crippen LogP contribution in [0.3, 0.4) is 0 Å². The van der Waals surface area contributed by atoms with Crippen LogP contribution in [0, 0.1) is 0 Å². The van der Waals surface area contributed by atoms with Crippen molar-refractivity contribution in [2.45, 2.75) is 18.6 Å². The number of nitrogens with zero attached hydrogens (tertiary/aromatic N) is 2. The van der Waals surface area contributed by atoms with E-state index in [1.54, 1.807) is 12.1 Å². The summed E-state index contributed by atoms with van der Waals surface area (Å²) in [5.41, 5.74) is 0.690. The summed E-state index contributed by atoms with van der Waals surface area (Å²) >= 11 is 0. The van der Waals surface area contributed by atoms with Crippen molar-refractivity contribution in [1.29, 1.82) is 0 Å². The predicted molar refractivity (Wildman–Crippen MR) is 95.6 cm³/mol. The average molecular weight is 374 g/mol. The van der Waals surface area contributed by atoms with E-state index in [1.807, 2.05) is 23.2 Å². The molecule has 0 radical (unpaired) electrons. The zero-order chi connectivity index (χ0) is 19.0. The first-order chi connectivity index (χ1) is 12.9. The summed E-state index contributed by atoms with van der Waals surface area (Å²) in [7, 11) is 0. The van der Waals surface area contributed by atoms with Crippen molar-refractivity contribution in [2.75, 3.05) is 18.0 Å². The smallest absolute Gasteiger partial charge is 0.361 e. The fourth-order valence-corrected chi connectivity index (χ4v) is 3.28. The van der Waals surface area contributed by atoms with Crippen LogP contribution in [0.25, 0.3) is 10.9 Å². The SMILES string of the molecule is O=C(N[C@H]1CCN(c2ccc(C(F)(F)F)cn2)C1)c1ccc2cc[nH]c2c1. The molecular formula is C19H17F3N4O. The van der Waals surface area contributed by atoms with Gasteiger partial charge in [0.15, 0.2) is 0 Å². The second-order valence-corrected chi connectivity index (χ2v) is 6.59. The Hall–Kier alpha value is -3.03. The van der Waals surface area contributed by atoms with Gasteiger partial charge in [0.05, 0.1) is 5.56 Å². The number of carbonyl (C=O) groups excluding carboxylic acids is 1. The van der Waals surface area contributed by atoms with Crippen LogP contribution in [0.5, 0.6) is 0 Å². The number of aromatic amines is 1. The van der Waals surface area contributed by atoms with Crippen molar-refractivity contribution >= 4 is 22.6 Å². The van der Waals surface area contributed by atoms with Crippen LogP contribution in [0.2, 0.25) is 0 Å². The lowest BCUT2D eigenvalue weighted by molar-refractivity contribution is -0.137. The van der Waals surface area contributed by atoms with Gasteiger partial charge in [-0.1, -0.05) is 6.07 Å². The van der Waals surface area contributed by atoms with E-state index in [0.29, 0.717) is 30.9 Å². The summed E-state index contributed by atoms with van der Waals surface area (Å²) < 4.78 is 37.9. The van der Waals surface area contributed by atoms with E-state index >= 15 is 0 Å². The topological polar surface area (TPSA) is 61.0 Å². The molecule has 1 saturated heterocycles. The molecule has 0 saturated carbocycles. The maximum atomic E-state index is 12.6. The number of pyridine rings is 1. The molecule has 0 aliphatic carbocycles. The number of anilines is 1. The van der Waals surface area contributed by atoms with E-state index in [-0.39, 0.29) is 11.9 Å². The fraction of sp³-hybridized carbons (Fsp3) is 0.263. The summed E-state index contributed by atoms with van der Waals surface area (Å²) in [6, 6.07) is 9.70. The Morgan fingerprint density at radius 3 is 2.81 bits per heavy atom. The zero-order valence-electron chi connectivity index (χ0n) is 14.3. The van der Waals surface area contributed by atoms with Crippen LogP contribution in [0.1, 0.15) is 22.3 Å². The fourth-order valence-electron chi connectivity index (χ4n) is 3.28. The normalized spacial score (nSPS) is 17.4. The van der Waals surface area contributed by atoms with Gasteiger partial charge in [0.1, 0.15) is 5.82 Å². The average Bonchev–Trinajstić information content (AvgIpc) is 3.29. The molecule has 3 aromatic rings. The Bertz CT molecular complexity index is 965. The Morgan fingerprint density at radius 1 is 1.22 bits per heavy atom. The minimum atomic E-state index is -4.40. The molecule has 1 aromatic carbocycles. The van der Waals surface area contributed by atoms with Gasteiger partial charge in [-0.15, -0.1) is 0 Å². The van der Waals surface area contributed by atoms with Crippen LogP contribution < -0.4 is 10.2 Å². The molecule has 4 rings (SSSR count). The highest BCUT2D eigenvalue weighted by atomic mass is 19.4. The molecule has 0 unspecified atom stereocenters. The van der Waals surface area contributed by atoms with E-state index in [2.05, 4.69) is 15.3 Å². The second kappa shape index (κ2) is 6.61. The molecule has 0 spiro atoms. The van der Waals surface area contributed by atoms with Crippen LogP contribution >= 0.6 is 0 Å². The number of benzene rings is 1. The maximum Gasteiger partial charge on any atom is 0.417 e. The monoisotopic (exact) mass is 374 g/mol. The molecule has 1 aliphatic rings. The van der Waals surface area contributed by atoms with Gasteiger partial charge < -0.3 is 15.2 Å². The van der Waals surface area contributed by atoms with Gasteiger partial charge in [-0.3, -0.25) is 4.79 Å². The third-order valence-electron chi connectivity index (χ3n) is 4.74. The standard InChI is InChI=1S/C19H17F3N4O/c20-19(21,22)14-3-4-17(24-10-14)26-8-6-15(11-26)25-18(27)13-2-1-12-5-7-23-16(12)9-13/h1-5,7,9-10,15,23H,6,8,11H2,(H,25,27)/t15-/m0/s1. The second-order valence-electron chi connectivity index (χ2n) is 6.59. The number of alkyl halides is 3. The van der Waals surface area contributed by atoms with Crippen molar-refractivity contribution in [1.82, 2.24) is 15.3 Å². The van der Waals surface area contributed by atoms with Gasteiger partial charge >= 0.3 is 6.18 Å². The molecule has 140 valence electrons. The van der Waals surface area contributed by atoms with Gasteiger partial charge in [0, 0.05) is 42.6 Å². The molecular weight excluding hydrogens is 357 g/mol. The van der Waals surface area contributed by atoms with Crippen molar-refractivity contribution in [3.8, 4) is 0 Å². The van der Waals surface area contributed by atoms with Crippen LogP contribution in [-0.2, 0) is 6.18 Å². The van der Waals surface area contributed by atoms with Gasteiger partial charge in [-0.25, -0.2) is 4.98 Å². The molecule has 1 amide bonds. The first kappa shape index (κ1) is 17.4. The van der Waals surface area contributed by atoms with Gasteiger partial charge in [0.25, 0.3) is 5.91 Å². The Labute approximate surface area is 153 Å². The van der Waals surface area contributed by atoms with Crippen molar-refractivity contribution in [3.05, 3.63) is 59.9 Å². The minimum absolute atomic E-state index is 0.0825. The minimum Gasteiger partial charge on any atom is -0.361 e. The number of halogens is 3. The summed E-state index contributed by atoms with van der Waals surface area (Å²) in [6.45, 7) is 1.13. The first-order valence-corrected chi connectivity index (χ1v) is 8.56. The van der Waals surface area contributed by atoms with Crippen molar-refractivity contribution in [2.24, 2.45) is 0 Å². The number of hydrogen-bond donors (Lipinski definition) is 2. The Kier molecular flexibility index (Phi) is 4.25. The lowest BCUT2D eigenvalue weighted by Gasteiger charge is -2.18. The molecule has 5 nitrogen and oxygen atoms in total. The highest BCUT2D eigenvalue weighted by Crippen LogP contribution is 2.30. The lowest BCUT2D eigenvalue weighted by atomic mass is 10.1. The first-order valence-electron chi connectivity index (χ1n) is 8.56. The number of H-pyrrole nitrogens is 1. The summed E-state index contributed by atoms with van der Waals surface area (Å²) in [5.74, 6) is 0.311. The van der Waals surface area contributed by atoms with E-state index in [0.717, 1.165) is 23.2 Å². The highest BCUT2D eigenvalue weighted by Gasteiger charge is 2.31. The molecule has 8 heteroatoms. The molecule has 2 aromatic heterocycles. The van der Waals surface area contributed by atoms with Gasteiger partial charge in [-0.2, -0.15) is 13.2 Å². The number of amides is 1. The number of carbonyl (C=O) groups is 1. The van der Waals surface area contributed by atoms with Crippen LogP contribution in [0.15, 0.2) is 48.8 Å². The number of fused-ring (bicyclic) bond motifs is 1. The predicted octanol–water partition coefficient (Wildman–Crippen LogP) is 3.59. The number of hydrogen-bond acceptors (Lipinski definition) is 3. The van der Waals surface area contributed by atoms with Crippen LogP contribution in [0.4, 0.5) is 19.0 Å². The molecule has 2 N–H and O–H groups in total. The highest BCUT2D eigenvalue weighted by molar-refractivity contribution is 5.98. The molecule has 1 atom stereocenters. The zero-order valence-corrected chi connectivity index (χ0v) is 14.3. The number of nitrogens with one attached hydrogen (secondary N) is 2. The van der Waals surface area contributed by atoms with Gasteiger partial charge in [0.2, 0.25) is 0 Å². The number of aromatic nitrogens is 2. The quantitative estimate of drug-likeness (QED) is 0.737. The third-order valence-corrected chi connectivity index (χ3v) is 4.74. The Balaban J connectivity index is 1.39. The van der Waals surface area contributed by atoms with E-state index < -0.39 is 11.7 Å². The molecule has 1 fully saturated rings. The van der Waals surface area contributed by atoms with Crippen LogP contribution in [-0.4, -0.2) is 35.0 Å². The molecule has 0 bridgehead atoms. The largest absolute Gasteiger partial charge is 0.417 e. The molecule has 1 aliphatic heterocycles. The summed E-state index contributed by atoms with van der Waals surface area (Å²) in [6.07, 6.45) is -1.03. The number of rotatable bonds is 3. The van der Waals surface area contributed by atoms with Crippen molar-refractivity contribution in [3.63, 3.8) is 0 Å². The lowest BCUT2D eigenvalue weighted by Crippen LogP contribution is -2.37. The summed E-state index contributed by atoms with van der Waals surface area (Å²) in [5, 5.41) is 4.02. The third kappa shape index (κ3) is 3.60. The molecule has 3 heterocycles. The Morgan fingerprint density at radius 2 is 2.07 bits per heavy atom.